The first-order valence-corrected chi connectivity index (χ1v) is 6.45. The molecule has 0 unspecified atom stereocenters. The number of carbonyl (C=O) groups is 1. The predicted molar refractivity (Wildman–Crippen MR) is 75.8 cm³/mol. The van der Waals surface area contributed by atoms with Crippen molar-refractivity contribution < 1.29 is 4.79 Å². The van der Waals surface area contributed by atoms with Crippen LogP contribution in [0.5, 0.6) is 0 Å². The van der Waals surface area contributed by atoms with E-state index in [-0.39, 0.29) is 5.91 Å². The van der Waals surface area contributed by atoms with E-state index in [1.54, 1.807) is 12.4 Å². The fourth-order valence-corrected chi connectivity index (χ4v) is 2.00. The fraction of sp³-hybridized carbons (Fsp3) is 0.250. The lowest BCUT2D eigenvalue weighted by Gasteiger charge is -2.21. The number of carbonyl (C=O) groups excluding carboxylic acids is 1. The summed E-state index contributed by atoms with van der Waals surface area (Å²) in [6, 6.07) is 11.6. The van der Waals surface area contributed by atoms with E-state index in [9.17, 15) is 4.79 Å². The number of hydrogen-bond acceptors (Lipinski definition) is 2. The molecule has 1 heterocycles. The van der Waals surface area contributed by atoms with Gasteiger partial charge in [-0.3, -0.25) is 9.78 Å². The number of benzene rings is 1. The molecule has 0 fully saturated rings. The molecule has 3 nitrogen and oxygen atoms in total. The number of hydrogen-bond donors (Lipinski definition) is 0. The fourth-order valence-electron chi connectivity index (χ4n) is 2.00. The van der Waals surface area contributed by atoms with Gasteiger partial charge in [-0.25, -0.2) is 0 Å². The SMILES string of the molecule is CCN(Cc1ccncc1)C(=O)c1cccc(C)c1. The monoisotopic (exact) mass is 254 g/mol. The zero-order chi connectivity index (χ0) is 13.7. The molecule has 0 spiro atoms. The van der Waals surface area contributed by atoms with Crippen LogP contribution >= 0.6 is 0 Å². The molecule has 1 aromatic heterocycles. The van der Waals surface area contributed by atoms with Gasteiger partial charge in [-0.2, -0.15) is 0 Å². The Kier molecular flexibility index (Phi) is 4.29. The van der Waals surface area contributed by atoms with Crippen LogP contribution in [-0.2, 0) is 6.54 Å². The number of nitrogens with zero attached hydrogens (tertiary/aromatic N) is 2. The minimum absolute atomic E-state index is 0.0722. The maximum absolute atomic E-state index is 12.4. The van der Waals surface area contributed by atoms with Gasteiger partial charge in [-0.15, -0.1) is 0 Å². The first-order valence-electron chi connectivity index (χ1n) is 6.45. The second-order valence-electron chi connectivity index (χ2n) is 4.54. The number of rotatable bonds is 4. The summed E-state index contributed by atoms with van der Waals surface area (Å²) in [5.74, 6) is 0.0722. The molecule has 98 valence electrons. The van der Waals surface area contributed by atoms with Gasteiger partial charge in [0, 0.05) is 31.0 Å². The van der Waals surface area contributed by atoms with Gasteiger partial charge < -0.3 is 4.90 Å². The van der Waals surface area contributed by atoms with Gasteiger partial charge in [0.25, 0.3) is 5.91 Å². The third-order valence-corrected chi connectivity index (χ3v) is 3.06. The second kappa shape index (κ2) is 6.14. The predicted octanol–water partition coefficient (Wildman–Crippen LogP) is 3.05. The molecule has 0 aliphatic heterocycles. The molecule has 0 saturated carbocycles. The summed E-state index contributed by atoms with van der Waals surface area (Å²) in [7, 11) is 0. The summed E-state index contributed by atoms with van der Waals surface area (Å²) >= 11 is 0. The van der Waals surface area contributed by atoms with Crippen LogP contribution in [0.15, 0.2) is 48.8 Å². The quantitative estimate of drug-likeness (QED) is 0.840. The van der Waals surface area contributed by atoms with Crippen molar-refractivity contribution in [2.75, 3.05) is 6.54 Å². The minimum atomic E-state index is 0.0722. The molecular formula is C16H18N2O. The highest BCUT2D eigenvalue weighted by Crippen LogP contribution is 2.11. The van der Waals surface area contributed by atoms with E-state index in [4.69, 9.17) is 0 Å². The number of pyridine rings is 1. The third kappa shape index (κ3) is 3.41. The minimum Gasteiger partial charge on any atom is -0.335 e. The van der Waals surface area contributed by atoms with Crippen molar-refractivity contribution >= 4 is 5.91 Å². The van der Waals surface area contributed by atoms with E-state index in [2.05, 4.69) is 4.98 Å². The highest BCUT2D eigenvalue weighted by molar-refractivity contribution is 5.94. The highest BCUT2D eigenvalue weighted by atomic mass is 16.2. The van der Waals surface area contributed by atoms with Gasteiger partial charge in [0.2, 0.25) is 0 Å². The van der Waals surface area contributed by atoms with E-state index in [1.807, 2.05) is 55.1 Å². The van der Waals surface area contributed by atoms with Gasteiger partial charge in [0.1, 0.15) is 0 Å². The largest absolute Gasteiger partial charge is 0.335 e. The lowest BCUT2D eigenvalue weighted by molar-refractivity contribution is 0.0752. The van der Waals surface area contributed by atoms with Crippen LogP contribution in [0.25, 0.3) is 0 Å². The highest BCUT2D eigenvalue weighted by Gasteiger charge is 2.14. The maximum Gasteiger partial charge on any atom is 0.254 e. The lowest BCUT2D eigenvalue weighted by atomic mass is 10.1. The topological polar surface area (TPSA) is 33.2 Å². The Morgan fingerprint density at radius 1 is 1.21 bits per heavy atom. The third-order valence-electron chi connectivity index (χ3n) is 3.06. The average molecular weight is 254 g/mol. The molecule has 0 aliphatic rings. The van der Waals surface area contributed by atoms with Crippen molar-refractivity contribution in [3.05, 3.63) is 65.5 Å². The molecule has 0 N–H and O–H groups in total. The normalized spacial score (nSPS) is 10.2. The molecule has 2 aromatic rings. The van der Waals surface area contributed by atoms with Crippen LogP contribution in [0.1, 0.15) is 28.4 Å². The van der Waals surface area contributed by atoms with Crippen molar-refractivity contribution in [3.63, 3.8) is 0 Å². The Bertz CT molecular complexity index is 552. The molecule has 0 atom stereocenters. The summed E-state index contributed by atoms with van der Waals surface area (Å²) in [5, 5.41) is 0. The molecule has 0 bridgehead atoms. The zero-order valence-electron chi connectivity index (χ0n) is 11.3. The average Bonchev–Trinajstić information content (AvgIpc) is 2.45. The Balaban J connectivity index is 2.16. The van der Waals surface area contributed by atoms with Crippen molar-refractivity contribution in [1.82, 2.24) is 9.88 Å². The van der Waals surface area contributed by atoms with E-state index >= 15 is 0 Å². The number of amides is 1. The van der Waals surface area contributed by atoms with Crippen LogP contribution in [0.4, 0.5) is 0 Å². The number of aromatic nitrogens is 1. The van der Waals surface area contributed by atoms with Crippen molar-refractivity contribution in [1.29, 1.82) is 0 Å². The summed E-state index contributed by atoms with van der Waals surface area (Å²) in [6.07, 6.45) is 3.50. The lowest BCUT2D eigenvalue weighted by Crippen LogP contribution is -2.30. The van der Waals surface area contributed by atoms with Crippen molar-refractivity contribution in [3.8, 4) is 0 Å². The van der Waals surface area contributed by atoms with Crippen molar-refractivity contribution in [2.24, 2.45) is 0 Å². The summed E-state index contributed by atoms with van der Waals surface area (Å²) in [5.41, 5.74) is 2.94. The Hall–Kier alpha value is -2.16. The van der Waals surface area contributed by atoms with Crippen LogP contribution in [0.3, 0.4) is 0 Å². The molecule has 0 aliphatic carbocycles. The Morgan fingerprint density at radius 2 is 1.95 bits per heavy atom. The summed E-state index contributed by atoms with van der Waals surface area (Å²) < 4.78 is 0. The molecule has 3 heteroatoms. The second-order valence-corrected chi connectivity index (χ2v) is 4.54. The van der Waals surface area contributed by atoms with E-state index in [0.29, 0.717) is 13.1 Å². The first-order chi connectivity index (χ1) is 9.20. The maximum atomic E-state index is 12.4. The van der Waals surface area contributed by atoms with Gasteiger partial charge in [-0.05, 0) is 43.7 Å². The van der Waals surface area contributed by atoms with Crippen LogP contribution in [0, 0.1) is 6.92 Å². The summed E-state index contributed by atoms with van der Waals surface area (Å²) in [6.45, 7) is 5.30. The summed E-state index contributed by atoms with van der Waals surface area (Å²) in [4.78, 5) is 18.3. The molecule has 19 heavy (non-hydrogen) atoms. The molecular weight excluding hydrogens is 236 g/mol. The molecule has 0 radical (unpaired) electrons. The zero-order valence-corrected chi connectivity index (χ0v) is 11.3. The van der Waals surface area contributed by atoms with Crippen molar-refractivity contribution in [2.45, 2.75) is 20.4 Å². The molecule has 2 rings (SSSR count). The van der Waals surface area contributed by atoms with Gasteiger partial charge in [0.05, 0.1) is 0 Å². The van der Waals surface area contributed by atoms with E-state index in [1.165, 1.54) is 0 Å². The van der Waals surface area contributed by atoms with Gasteiger partial charge in [-0.1, -0.05) is 17.7 Å². The van der Waals surface area contributed by atoms with Crippen LogP contribution in [0.2, 0.25) is 0 Å². The van der Waals surface area contributed by atoms with Crippen LogP contribution < -0.4 is 0 Å². The Labute approximate surface area is 113 Å². The first kappa shape index (κ1) is 13.3. The smallest absolute Gasteiger partial charge is 0.254 e. The Morgan fingerprint density at radius 3 is 2.58 bits per heavy atom. The van der Waals surface area contributed by atoms with Crippen LogP contribution in [-0.4, -0.2) is 22.3 Å². The number of aryl methyl sites for hydroxylation is 1. The molecule has 1 amide bonds. The van der Waals surface area contributed by atoms with E-state index < -0.39 is 0 Å². The molecule has 1 aromatic carbocycles. The molecule has 0 saturated heterocycles. The van der Waals surface area contributed by atoms with Gasteiger partial charge >= 0.3 is 0 Å². The standard InChI is InChI=1S/C16H18N2O/c1-3-18(12-14-7-9-17-10-8-14)16(19)15-6-4-5-13(2)11-15/h4-11H,3,12H2,1-2H3. The van der Waals surface area contributed by atoms with E-state index in [0.717, 1.165) is 16.7 Å². The van der Waals surface area contributed by atoms with Gasteiger partial charge in [0.15, 0.2) is 0 Å².